The summed E-state index contributed by atoms with van der Waals surface area (Å²) in [5.41, 5.74) is 3.60. The second kappa shape index (κ2) is 7.98. The van der Waals surface area contributed by atoms with Gasteiger partial charge in [0, 0.05) is 53.0 Å². The summed E-state index contributed by atoms with van der Waals surface area (Å²) < 4.78 is 10.9. The molecule has 2 rings (SSSR count). The van der Waals surface area contributed by atoms with Gasteiger partial charge in [0.15, 0.2) is 0 Å². The highest BCUT2D eigenvalue weighted by atomic mass is 32.2. The van der Waals surface area contributed by atoms with E-state index in [1.165, 1.54) is 16.5 Å². The van der Waals surface area contributed by atoms with Gasteiger partial charge < -0.3 is 15.6 Å². The second-order valence-corrected chi connectivity index (χ2v) is 6.93. The quantitative estimate of drug-likeness (QED) is 0.683. The lowest BCUT2D eigenvalue weighted by atomic mass is 10.1. The molecule has 3 N–H and O–H groups in total. The molecule has 0 aliphatic rings. The van der Waals surface area contributed by atoms with E-state index in [9.17, 15) is 9.00 Å². The molecule has 1 aromatic heterocycles. The van der Waals surface area contributed by atoms with Crippen LogP contribution in [0.25, 0.3) is 10.9 Å². The summed E-state index contributed by atoms with van der Waals surface area (Å²) in [5.74, 6) is 0.620. The number of hydrogen-bond donors (Lipinski definition) is 3. The van der Waals surface area contributed by atoms with Crippen molar-refractivity contribution in [2.24, 2.45) is 0 Å². The van der Waals surface area contributed by atoms with Crippen LogP contribution >= 0.6 is 0 Å². The van der Waals surface area contributed by atoms with Crippen LogP contribution in [0.3, 0.4) is 0 Å². The van der Waals surface area contributed by atoms with Crippen molar-refractivity contribution in [3.63, 3.8) is 0 Å². The highest BCUT2D eigenvalue weighted by molar-refractivity contribution is 7.84. The van der Waals surface area contributed by atoms with E-state index in [0.717, 1.165) is 18.4 Å². The van der Waals surface area contributed by atoms with E-state index in [0.29, 0.717) is 18.8 Å². The first-order chi connectivity index (χ1) is 10.6. The second-order valence-electron chi connectivity index (χ2n) is 5.37. The van der Waals surface area contributed by atoms with Gasteiger partial charge in [-0.1, -0.05) is 18.2 Å². The average Bonchev–Trinajstić information content (AvgIpc) is 2.88. The Bertz CT molecular complexity index is 666. The summed E-state index contributed by atoms with van der Waals surface area (Å²) in [4.78, 5) is 14.9. The van der Waals surface area contributed by atoms with E-state index in [1.807, 2.05) is 12.3 Å². The Hall–Kier alpha value is -1.82. The van der Waals surface area contributed by atoms with Gasteiger partial charge in [0.2, 0.25) is 0 Å². The van der Waals surface area contributed by atoms with Gasteiger partial charge in [0.05, 0.1) is 0 Å². The molecule has 22 heavy (non-hydrogen) atoms. The van der Waals surface area contributed by atoms with E-state index < -0.39 is 10.8 Å². The number of para-hydroxylation sites is 1. The number of carbonyl (C=O) groups is 1. The minimum Gasteiger partial charge on any atom is -0.361 e. The molecule has 0 saturated carbocycles. The van der Waals surface area contributed by atoms with Crippen LogP contribution in [0.5, 0.6) is 0 Å². The minimum atomic E-state index is -0.797. The van der Waals surface area contributed by atoms with Gasteiger partial charge in [-0.05, 0) is 30.9 Å². The summed E-state index contributed by atoms with van der Waals surface area (Å²) >= 11 is 0. The van der Waals surface area contributed by atoms with Gasteiger partial charge >= 0.3 is 6.03 Å². The van der Waals surface area contributed by atoms with Gasteiger partial charge in [-0.2, -0.15) is 0 Å². The number of aromatic nitrogens is 1. The molecule has 6 heteroatoms. The van der Waals surface area contributed by atoms with Crippen LogP contribution in [0.4, 0.5) is 4.79 Å². The van der Waals surface area contributed by atoms with Crippen molar-refractivity contribution in [3.8, 4) is 0 Å². The van der Waals surface area contributed by atoms with Gasteiger partial charge in [-0.15, -0.1) is 0 Å². The number of benzene rings is 1. The number of fused-ring (bicyclic) bond motifs is 1. The smallest absolute Gasteiger partial charge is 0.314 e. The molecule has 0 unspecified atom stereocenters. The average molecular weight is 321 g/mol. The Morgan fingerprint density at radius 2 is 2.05 bits per heavy atom. The highest BCUT2D eigenvalue weighted by Crippen LogP contribution is 2.21. The molecule has 0 aliphatic heterocycles. The first-order valence-corrected chi connectivity index (χ1v) is 9.18. The zero-order chi connectivity index (χ0) is 15.9. The molecule has 0 aliphatic carbocycles. The summed E-state index contributed by atoms with van der Waals surface area (Å²) in [5, 5.41) is 6.84. The van der Waals surface area contributed by atoms with Gasteiger partial charge in [0.25, 0.3) is 0 Å². The van der Waals surface area contributed by atoms with Crippen molar-refractivity contribution >= 4 is 27.7 Å². The summed E-state index contributed by atoms with van der Waals surface area (Å²) in [7, 11) is -0.797. The first-order valence-electron chi connectivity index (χ1n) is 7.45. The number of aromatic amines is 1. The molecule has 1 aromatic carbocycles. The van der Waals surface area contributed by atoms with E-state index in [4.69, 9.17) is 0 Å². The zero-order valence-electron chi connectivity index (χ0n) is 13.1. The Kier molecular flexibility index (Phi) is 6.00. The molecule has 1 heterocycles. The maximum absolute atomic E-state index is 11.6. The standard InChI is InChI=1S/C16H23N3O2S/c1-12-5-3-6-14-13(11-19-15(12)14)7-9-18-16(20)17-8-4-10-22(2)21/h3,5-6,11,19H,4,7-10H2,1-2H3,(H2,17,18,20)/t22-/m0/s1. The normalized spacial score (nSPS) is 12.3. The van der Waals surface area contributed by atoms with Crippen molar-refractivity contribution in [2.45, 2.75) is 19.8 Å². The summed E-state index contributed by atoms with van der Waals surface area (Å²) in [6, 6.07) is 6.06. The van der Waals surface area contributed by atoms with Gasteiger partial charge in [-0.25, -0.2) is 4.79 Å². The third-order valence-electron chi connectivity index (χ3n) is 3.58. The van der Waals surface area contributed by atoms with E-state index in [2.05, 4.69) is 34.7 Å². The summed E-state index contributed by atoms with van der Waals surface area (Å²) in [6.45, 7) is 3.22. The maximum Gasteiger partial charge on any atom is 0.314 e. The number of H-pyrrole nitrogens is 1. The van der Waals surface area contributed by atoms with Crippen molar-refractivity contribution in [3.05, 3.63) is 35.5 Å². The monoisotopic (exact) mass is 321 g/mol. The van der Waals surface area contributed by atoms with Crippen molar-refractivity contribution in [1.82, 2.24) is 15.6 Å². The third kappa shape index (κ3) is 4.59. The predicted octanol–water partition coefficient (Wildman–Crippen LogP) is 2.09. The molecule has 120 valence electrons. The molecule has 0 spiro atoms. The van der Waals surface area contributed by atoms with E-state index >= 15 is 0 Å². The maximum atomic E-state index is 11.6. The van der Waals surface area contributed by atoms with Gasteiger partial charge in [0.1, 0.15) is 0 Å². The van der Waals surface area contributed by atoms with Crippen LogP contribution in [0.2, 0.25) is 0 Å². The SMILES string of the molecule is Cc1cccc2c(CCNC(=O)NCCC[S@](C)=O)c[nH]c12. The minimum absolute atomic E-state index is 0.169. The molecule has 5 nitrogen and oxygen atoms in total. The van der Waals surface area contributed by atoms with E-state index in [-0.39, 0.29) is 6.03 Å². The first kappa shape index (κ1) is 16.5. The lowest BCUT2D eigenvalue weighted by Crippen LogP contribution is -2.37. The lowest BCUT2D eigenvalue weighted by molar-refractivity contribution is 0.241. The number of hydrogen-bond acceptors (Lipinski definition) is 2. The molecular weight excluding hydrogens is 298 g/mol. The van der Waals surface area contributed by atoms with Crippen LogP contribution < -0.4 is 10.6 Å². The Morgan fingerprint density at radius 1 is 1.27 bits per heavy atom. The summed E-state index contributed by atoms with van der Waals surface area (Å²) in [6.07, 6.45) is 5.20. The molecule has 0 radical (unpaired) electrons. The van der Waals surface area contributed by atoms with Crippen LogP contribution in [-0.4, -0.2) is 40.3 Å². The van der Waals surface area contributed by atoms with Crippen LogP contribution in [-0.2, 0) is 17.2 Å². The Morgan fingerprint density at radius 3 is 2.82 bits per heavy atom. The van der Waals surface area contributed by atoms with E-state index in [1.54, 1.807) is 6.26 Å². The predicted molar refractivity (Wildman–Crippen MR) is 91.7 cm³/mol. The molecule has 2 aromatic rings. The lowest BCUT2D eigenvalue weighted by Gasteiger charge is -2.07. The Balaban J connectivity index is 1.75. The number of amides is 2. The fourth-order valence-electron chi connectivity index (χ4n) is 2.42. The molecule has 0 saturated heterocycles. The highest BCUT2D eigenvalue weighted by Gasteiger charge is 2.06. The number of carbonyl (C=O) groups excluding carboxylic acids is 1. The number of aryl methyl sites for hydroxylation is 1. The number of urea groups is 1. The molecule has 1 atom stereocenters. The van der Waals surface area contributed by atoms with Crippen molar-refractivity contribution in [1.29, 1.82) is 0 Å². The van der Waals surface area contributed by atoms with Crippen molar-refractivity contribution in [2.75, 3.05) is 25.1 Å². The van der Waals surface area contributed by atoms with Crippen LogP contribution in [0.1, 0.15) is 17.5 Å². The fraction of sp³-hybridized carbons (Fsp3) is 0.438. The van der Waals surface area contributed by atoms with Gasteiger partial charge in [-0.3, -0.25) is 4.21 Å². The van der Waals surface area contributed by atoms with Crippen LogP contribution in [0, 0.1) is 6.92 Å². The van der Waals surface area contributed by atoms with Crippen molar-refractivity contribution < 1.29 is 9.00 Å². The molecule has 2 amide bonds. The molecule has 0 fully saturated rings. The third-order valence-corrected chi connectivity index (χ3v) is 4.45. The number of rotatable bonds is 7. The zero-order valence-corrected chi connectivity index (χ0v) is 13.9. The topological polar surface area (TPSA) is 74.0 Å². The Labute approximate surface area is 133 Å². The molecular formula is C16H23N3O2S. The number of nitrogens with one attached hydrogen (secondary N) is 3. The fourth-order valence-corrected chi connectivity index (χ4v) is 2.97. The van der Waals surface area contributed by atoms with Crippen LogP contribution in [0.15, 0.2) is 24.4 Å². The largest absolute Gasteiger partial charge is 0.361 e. The molecule has 0 bridgehead atoms.